The third-order valence-corrected chi connectivity index (χ3v) is 4.21. The number of benzene rings is 1. The van der Waals surface area contributed by atoms with Crippen LogP contribution in [0.25, 0.3) is 0 Å². The van der Waals surface area contributed by atoms with E-state index in [0.717, 1.165) is 19.5 Å². The van der Waals surface area contributed by atoms with E-state index in [1.165, 1.54) is 27.1 Å². The number of hydrogen-bond acceptors (Lipinski definition) is 4. The van der Waals surface area contributed by atoms with Gasteiger partial charge in [-0.15, -0.1) is 0 Å². The maximum absolute atomic E-state index is 12.2. The summed E-state index contributed by atoms with van der Waals surface area (Å²) in [5.41, 5.74) is 0.476. The summed E-state index contributed by atoms with van der Waals surface area (Å²) in [5, 5.41) is 6.68. The number of rotatable bonds is 6. The van der Waals surface area contributed by atoms with Gasteiger partial charge in [0.15, 0.2) is 11.5 Å². The maximum atomic E-state index is 12.2. The zero-order valence-corrected chi connectivity index (χ0v) is 13.8. The Morgan fingerprint density at radius 3 is 2.86 bits per heavy atom. The molecule has 0 aromatic heterocycles. The normalized spacial score (nSPS) is 17.9. The molecule has 2 N–H and O–H groups in total. The van der Waals surface area contributed by atoms with E-state index in [9.17, 15) is 4.79 Å². The summed E-state index contributed by atoms with van der Waals surface area (Å²) in [4.78, 5) is 12.2. The van der Waals surface area contributed by atoms with Gasteiger partial charge in [0.05, 0.1) is 19.2 Å². The minimum atomic E-state index is -0.147. The fourth-order valence-corrected chi connectivity index (χ4v) is 3.00. The second-order valence-corrected chi connectivity index (χ2v) is 5.86. The van der Waals surface area contributed by atoms with Crippen LogP contribution in [0.1, 0.15) is 29.6 Å². The summed E-state index contributed by atoms with van der Waals surface area (Å²) in [6.07, 6.45) is 3.43. The molecule has 1 aliphatic rings. The molecule has 1 heterocycles. The van der Waals surface area contributed by atoms with Gasteiger partial charge in [-0.1, -0.05) is 11.6 Å². The lowest BCUT2D eigenvalue weighted by Crippen LogP contribution is -2.33. The summed E-state index contributed by atoms with van der Waals surface area (Å²) in [6.45, 7) is 2.81. The summed E-state index contributed by atoms with van der Waals surface area (Å²) >= 11 is 6.12. The Kier molecular flexibility index (Phi) is 6.34. The van der Waals surface area contributed by atoms with Crippen molar-refractivity contribution in [3.63, 3.8) is 0 Å². The lowest BCUT2D eigenvalue weighted by Gasteiger charge is -2.22. The molecule has 1 saturated heterocycles. The van der Waals surface area contributed by atoms with Gasteiger partial charge in [0, 0.05) is 12.1 Å². The Hall–Kier alpha value is -1.46. The number of nitrogens with one attached hydrogen (secondary N) is 2. The Labute approximate surface area is 136 Å². The second kappa shape index (κ2) is 8.25. The lowest BCUT2D eigenvalue weighted by atomic mass is 9.96. The Bertz CT molecular complexity index is 516. The molecule has 1 amide bonds. The Balaban J connectivity index is 1.93. The van der Waals surface area contributed by atoms with E-state index in [2.05, 4.69) is 10.6 Å². The average molecular weight is 327 g/mol. The van der Waals surface area contributed by atoms with Crippen LogP contribution in [0.15, 0.2) is 12.1 Å². The zero-order valence-electron chi connectivity index (χ0n) is 13.1. The molecule has 0 saturated carbocycles. The van der Waals surface area contributed by atoms with Crippen LogP contribution in [0.2, 0.25) is 5.02 Å². The first-order valence-corrected chi connectivity index (χ1v) is 7.94. The number of carbonyl (C=O) groups is 1. The van der Waals surface area contributed by atoms with Gasteiger partial charge >= 0.3 is 0 Å². The van der Waals surface area contributed by atoms with Crippen LogP contribution in [0.4, 0.5) is 0 Å². The summed E-state index contributed by atoms with van der Waals surface area (Å²) in [7, 11) is 3.04. The second-order valence-electron chi connectivity index (χ2n) is 5.45. The molecule has 6 heteroatoms. The van der Waals surface area contributed by atoms with Gasteiger partial charge in [-0.05, 0) is 50.4 Å². The van der Waals surface area contributed by atoms with E-state index < -0.39 is 0 Å². The first-order chi connectivity index (χ1) is 10.7. The quantitative estimate of drug-likeness (QED) is 0.843. The molecule has 0 aliphatic carbocycles. The molecule has 1 aliphatic heterocycles. The monoisotopic (exact) mass is 326 g/mol. The van der Waals surface area contributed by atoms with E-state index in [1.807, 2.05) is 0 Å². The number of amides is 1. The smallest absolute Gasteiger partial charge is 0.251 e. The molecule has 0 bridgehead atoms. The number of hydrogen-bond donors (Lipinski definition) is 2. The van der Waals surface area contributed by atoms with Crippen molar-refractivity contribution in [3.8, 4) is 11.5 Å². The highest BCUT2D eigenvalue weighted by Gasteiger charge is 2.16. The number of methoxy groups -OCH3 is 2. The highest BCUT2D eigenvalue weighted by molar-refractivity contribution is 6.32. The standard InChI is InChI=1S/C16H23ClN2O3/c1-21-14-9-12(8-13(17)15(14)22-2)16(20)19-7-5-11-4-3-6-18-10-11/h8-9,11,18H,3-7,10H2,1-2H3,(H,19,20). The Morgan fingerprint density at radius 2 is 2.23 bits per heavy atom. The first kappa shape index (κ1) is 16.9. The minimum Gasteiger partial charge on any atom is -0.493 e. The molecule has 0 radical (unpaired) electrons. The van der Waals surface area contributed by atoms with E-state index in [1.54, 1.807) is 12.1 Å². The Morgan fingerprint density at radius 1 is 1.41 bits per heavy atom. The van der Waals surface area contributed by atoms with Gasteiger partial charge in [-0.2, -0.15) is 0 Å². The van der Waals surface area contributed by atoms with Crippen molar-refractivity contribution < 1.29 is 14.3 Å². The summed E-state index contributed by atoms with van der Waals surface area (Å²) < 4.78 is 10.4. The van der Waals surface area contributed by atoms with Gasteiger partial charge in [-0.3, -0.25) is 4.79 Å². The van der Waals surface area contributed by atoms with E-state index >= 15 is 0 Å². The number of ether oxygens (including phenoxy) is 2. The molecule has 22 heavy (non-hydrogen) atoms. The molecule has 1 unspecified atom stereocenters. The molecule has 1 atom stereocenters. The molecule has 0 spiro atoms. The van der Waals surface area contributed by atoms with Crippen LogP contribution in [0.3, 0.4) is 0 Å². The van der Waals surface area contributed by atoms with Crippen molar-refractivity contribution in [1.29, 1.82) is 0 Å². The van der Waals surface area contributed by atoms with Crippen molar-refractivity contribution >= 4 is 17.5 Å². The average Bonchev–Trinajstić information content (AvgIpc) is 2.54. The number of piperidine rings is 1. The molecule has 2 rings (SSSR count). The summed E-state index contributed by atoms with van der Waals surface area (Å²) in [5.74, 6) is 1.39. The molecular formula is C16H23ClN2O3. The topological polar surface area (TPSA) is 59.6 Å². The van der Waals surface area contributed by atoms with Crippen molar-refractivity contribution in [1.82, 2.24) is 10.6 Å². The van der Waals surface area contributed by atoms with Gasteiger partial charge in [0.1, 0.15) is 0 Å². The molecule has 5 nitrogen and oxygen atoms in total. The van der Waals surface area contributed by atoms with E-state index in [4.69, 9.17) is 21.1 Å². The lowest BCUT2D eigenvalue weighted by molar-refractivity contribution is 0.0950. The van der Waals surface area contributed by atoms with Gasteiger partial charge in [0.25, 0.3) is 5.91 Å². The fraction of sp³-hybridized carbons (Fsp3) is 0.562. The van der Waals surface area contributed by atoms with E-state index in [0.29, 0.717) is 34.5 Å². The van der Waals surface area contributed by atoms with Crippen LogP contribution in [-0.4, -0.2) is 39.8 Å². The van der Waals surface area contributed by atoms with Crippen molar-refractivity contribution in [3.05, 3.63) is 22.7 Å². The van der Waals surface area contributed by atoms with Crippen LogP contribution < -0.4 is 20.1 Å². The minimum absolute atomic E-state index is 0.147. The molecule has 1 aromatic rings. The van der Waals surface area contributed by atoms with Gasteiger partial charge in [0.2, 0.25) is 0 Å². The van der Waals surface area contributed by atoms with E-state index in [-0.39, 0.29) is 5.91 Å². The van der Waals surface area contributed by atoms with Crippen LogP contribution in [0.5, 0.6) is 11.5 Å². The largest absolute Gasteiger partial charge is 0.493 e. The van der Waals surface area contributed by atoms with Crippen LogP contribution >= 0.6 is 11.6 Å². The van der Waals surface area contributed by atoms with Crippen molar-refractivity contribution in [2.24, 2.45) is 5.92 Å². The molecule has 1 aromatic carbocycles. The molecular weight excluding hydrogens is 304 g/mol. The third kappa shape index (κ3) is 4.27. The number of halogens is 1. The predicted octanol–water partition coefficient (Wildman–Crippen LogP) is 2.48. The van der Waals surface area contributed by atoms with Crippen LogP contribution in [-0.2, 0) is 0 Å². The van der Waals surface area contributed by atoms with Crippen molar-refractivity contribution in [2.45, 2.75) is 19.3 Å². The first-order valence-electron chi connectivity index (χ1n) is 7.56. The third-order valence-electron chi connectivity index (χ3n) is 3.93. The molecule has 122 valence electrons. The van der Waals surface area contributed by atoms with Crippen LogP contribution in [0, 0.1) is 5.92 Å². The van der Waals surface area contributed by atoms with Gasteiger partial charge in [-0.25, -0.2) is 0 Å². The maximum Gasteiger partial charge on any atom is 0.251 e. The van der Waals surface area contributed by atoms with Gasteiger partial charge < -0.3 is 20.1 Å². The molecule has 1 fully saturated rings. The van der Waals surface area contributed by atoms with Crippen molar-refractivity contribution in [2.75, 3.05) is 33.9 Å². The fourth-order valence-electron chi connectivity index (χ4n) is 2.71. The highest BCUT2D eigenvalue weighted by atomic mass is 35.5. The number of carbonyl (C=O) groups excluding carboxylic acids is 1. The zero-order chi connectivity index (χ0) is 15.9. The SMILES string of the molecule is COc1cc(C(=O)NCCC2CCCNC2)cc(Cl)c1OC. The highest BCUT2D eigenvalue weighted by Crippen LogP contribution is 2.35. The summed E-state index contributed by atoms with van der Waals surface area (Å²) in [6, 6.07) is 3.24. The predicted molar refractivity (Wildman–Crippen MR) is 87.1 cm³/mol.